The molecule has 1 spiro atoms. The van der Waals surface area contributed by atoms with E-state index < -0.39 is 0 Å². The van der Waals surface area contributed by atoms with Crippen molar-refractivity contribution in [3.05, 3.63) is 29.6 Å². The summed E-state index contributed by atoms with van der Waals surface area (Å²) in [6, 6.07) is 5.27. The maximum absolute atomic E-state index is 13.4. The van der Waals surface area contributed by atoms with E-state index in [1.165, 1.54) is 37.9 Å². The lowest BCUT2D eigenvalue weighted by atomic mass is 9.92. The molecule has 4 rings (SSSR count). The Hall–Kier alpha value is -1.09. The summed E-state index contributed by atoms with van der Waals surface area (Å²) in [5.41, 5.74) is 3.10. The van der Waals surface area contributed by atoms with Crippen molar-refractivity contribution in [3.8, 4) is 0 Å². The minimum Gasteiger partial charge on any atom is -0.371 e. The van der Waals surface area contributed by atoms with Gasteiger partial charge in [-0.15, -0.1) is 0 Å². The fourth-order valence-corrected chi connectivity index (χ4v) is 4.10. The predicted octanol–water partition coefficient (Wildman–Crippen LogP) is 2.58. The summed E-state index contributed by atoms with van der Waals surface area (Å²) in [6.07, 6.45) is 5.13. The van der Waals surface area contributed by atoms with Crippen LogP contribution in [0.3, 0.4) is 0 Å². The largest absolute Gasteiger partial charge is 0.371 e. The fourth-order valence-electron chi connectivity index (χ4n) is 4.10. The van der Waals surface area contributed by atoms with E-state index in [4.69, 9.17) is 0 Å². The van der Waals surface area contributed by atoms with E-state index in [1.807, 2.05) is 6.07 Å². The standard InChI is InChI=1S/C16H21FN2/c17-14-2-1-12-3-8-19(15(12)9-14)11-13-10-16(13)4-6-18-7-5-16/h1-2,9,13,18H,3-8,10-11H2. The molecule has 1 N–H and O–H groups in total. The van der Waals surface area contributed by atoms with Crippen molar-refractivity contribution in [2.45, 2.75) is 25.7 Å². The highest BCUT2D eigenvalue weighted by Crippen LogP contribution is 2.59. The van der Waals surface area contributed by atoms with Gasteiger partial charge in [0, 0.05) is 18.8 Å². The molecule has 1 unspecified atom stereocenters. The van der Waals surface area contributed by atoms with Crippen LogP contribution in [0, 0.1) is 17.2 Å². The number of nitrogens with zero attached hydrogens (tertiary/aromatic N) is 1. The number of halogens is 1. The minimum atomic E-state index is -0.0990. The van der Waals surface area contributed by atoms with Gasteiger partial charge >= 0.3 is 0 Å². The van der Waals surface area contributed by atoms with Gasteiger partial charge in [-0.2, -0.15) is 0 Å². The van der Waals surface area contributed by atoms with E-state index in [0.29, 0.717) is 5.41 Å². The second-order valence-corrected chi connectivity index (χ2v) is 6.48. The van der Waals surface area contributed by atoms with Gasteiger partial charge in [0.1, 0.15) is 5.82 Å². The molecule has 3 heteroatoms. The Labute approximate surface area is 114 Å². The maximum Gasteiger partial charge on any atom is 0.125 e. The minimum absolute atomic E-state index is 0.0990. The molecule has 0 bridgehead atoms. The molecule has 19 heavy (non-hydrogen) atoms. The highest BCUT2D eigenvalue weighted by Gasteiger charge is 2.54. The van der Waals surface area contributed by atoms with Gasteiger partial charge in [0.05, 0.1) is 0 Å². The van der Waals surface area contributed by atoms with Crippen LogP contribution >= 0.6 is 0 Å². The number of anilines is 1. The normalized spacial score (nSPS) is 27.6. The molecule has 1 saturated heterocycles. The molecule has 1 saturated carbocycles. The van der Waals surface area contributed by atoms with Crippen molar-refractivity contribution in [2.75, 3.05) is 31.1 Å². The van der Waals surface area contributed by atoms with Gasteiger partial charge in [-0.05, 0) is 67.8 Å². The van der Waals surface area contributed by atoms with Crippen LogP contribution in [0.5, 0.6) is 0 Å². The van der Waals surface area contributed by atoms with E-state index in [9.17, 15) is 4.39 Å². The van der Waals surface area contributed by atoms with E-state index in [0.717, 1.165) is 31.1 Å². The van der Waals surface area contributed by atoms with Crippen LogP contribution in [-0.2, 0) is 6.42 Å². The first-order valence-electron chi connectivity index (χ1n) is 7.51. The third-order valence-electron chi connectivity index (χ3n) is 5.44. The first-order valence-corrected chi connectivity index (χ1v) is 7.51. The number of benzene rings is 1. The Balaban J connectivity index is 1.47. The number of fused-ring (bicyclic) bond motifs is 1. The molecule has 2 nitrogen and oxygen atoms in total. The molecule has 2 aliphatic heterocycles. The van der Waals surface area contributed by atoms with Crippen molar-refractivity contribution in [1.82, 2.24) is 5.32 Å². The molecule has 1 aromatic carbocycles. The second-order valence-electron chi connectivity index (χ2n) is 6.48. The zero-order valence-corrected chi connectivity index (χ0v) is 11.3. The van der Waals surface area contributed by atoms with Crippen LogP contribution in [0.2, 0.25) is 0 Å². The number of hydrogen-bond acceptors (Lipinski definition) is 2. The number of nitrogens with one attached hydrogen (secondary N) is 1. The van der Waals surface area contributed by atoms with Gasteiger partial charge in [-0.25, -0.2) is 4.39 Å². The third-order valence-corrected chi connectivity index (χ3v) is 5.44. The number of rotatable bonds is 2. The van der Waals surface area contributed by atoms with Gasteiger partial charge in [-0.3, -0.25) is 0 Å². The molecule has 0 radical (unpaired) electrons. The molecule has 0 amide bonds. The molecule has 102 valence electrons. The summed E-state index contributed by atoms with van der Waals surface area (Å²) in [7, 11) is 0. The molecule has 3 aliphatic rings. The zero-order valence-electron chi connectivity index (χ0n) is 11.3. The summed E-state index contributed by atoms with van der Waals surface area (Å²) in [5.74, 6) is 0.738. The van der Waals surface area contributed by atoms with E-state index in [1.54, 1.807) is 12.1 Å². The van der Waals surface area contributed by atoms with Crippen molar-refractivity contribution in [1.29, 1.82) is 0 Å². The molecule has 0 aromatic heterocycles. The first-order chi connectivity index (χ1) is 9.27. The van der Waals surface area contributed by atoms with Crippen molar-refractivity contribution < 1.29 is 4.39 Å². The van der Waals surface area contributed by atoms with Crippen LogP contribution < -0.4 is 10.2 Å². The summed E-state index contributed by atoms with van der Waals surface area (Å²) < 4.78 is 13.4. The molecule has 1 aliphatic carbocycles. The van der Waals surface area contributed by atoms with Crippen LogP contribution in [0.15, 0.2) is 18.2 Å². The molecular weight excluding hydrogens is 239 g/mol. The molecule has 1 aromatic rings. The van der Waals surface area contributed by atoms with E-state index in [2.05, 4.69) is 10.2 Å². The first kappa shape index (κ1) is 11.7. The summed E-state index contributed by atoms with van der Waals surface area (Å²) in [6.45, 7) is 4.57. The lowest BCUT2D eigenvalue weighted by molar-refractivity contribution is 0.323. The van der Waals surface area contributed by atoms with Crippen molar-refractivity contribution >= 4 is 5.69 Å². The van der Waals surface area contributed by atoms with Crippen molar-refractivity contribution in [3.63, 3.8) is 0 Å². The van der Waals surface area contributed by atoms with Gasteiger partial charge in [0.15, 0.2) is 0 Å². The molecule has 2 heterocycles. The third kappa shape index (κ3) is 1.95. The summed E-state index contributed by atoms with van der Waals surface area (Å²) in [4.78, 5) is 2.42. The smallest absolute Gasteiger partial charge is 0.125 e. The number of piperidine rings is 1. The lowest BCUT2D eigenvalue weighted by Crippen LogP contribution is -2.32. The Morgan fingerprint density at radius 2 is 2.16 bits per heavy atom. The van der Waals surface area contributed by atoms with E-state index in [-0.39, 0.29) is 5.82 Å². The summed E-state index contributed by atoms with van der Waals surface area (Å²) >= 11 is 0. The number of hydrogen-bond donors (Lipinski definition) is 1. The quantitative estimate of drug-likeness (QED) is 0.879. The van der Waals surface area contributed by atoms with Crippen LogP contribution in [-0.4, -0.2) is 26.2 Å². The molecule has 1 atom stereocenters. The van der Waals surface area contributed by atoms with Crippen LogP contribution in [0.4, 0.5) is 10.1 Å². The van der Waals surface area contributed by atoms with Gasteiger partial charge in [0.2, 0.25) is 0 Å². The Bertz CT molecular complexity index is 494. The Morgan fingerprint density at radius 1 is 1.32 bits per heavy atom. The SMILES string of the molecule is Fc1ccc2c(c1)N(CC1CC13CCNCC3)CC2. The highest BCUT2D eigenvalue weighted by atomic mass is 19.1. The Kier molecular flexibility index (Phi) is 2.59. The topological polar surface area (TPSA) is 15.3 Å². The average molecular weight is 260 g/mol. The van der Waals surface area contributed by atoms with E-state index >= 15 is 0 Å². The van der Waals surface area contributed by atoms with Crippen LogP contribution in [0.25, 0.3) is 0 Å². The molecular formula is C16H21FN2. The Morgan fingerprint density at radius 3 is 3.00 bits per heavy atom. The van der Waals surface area contributed by atoms with Gasteiger partial charge in [0.25, 0.3) is 0 Å². The monoisotopic (exact) mass is 260 g/mol. The predicted molar refractivity (Wildman–Crippen MR) is 75.0 cm³/mol. The maximum atomic E-state index is 13.4. The summed E-state index contributed by atoms with van der Waals surface area (Å²) in [5, 5.41) is 3.45. The van der Waals surface area contributed by atoms with Crippen molar-refractivity contribution in [2.24, 2.45) is 11.3 Å². The lowest BCUT2D eigenvalue weighted by Gasteiger charge is -2.26. The average Bonchev–Trinajstić information content (AvgIpc) is 2.91. The van der Waals surface area contributed by atoms with Crippen LogP contribution in [0.1, 0.15) is 24.8 Å². The second kappa shape index (κ2) is 4.20. The fraction of sp³-hybridized carbons (Fsp3) is 0.625. The molecule has 2 fully saturated rings. The van der Waals surface area contributed by atoms with Gasteiger partial charge < -0.3 is 10.2 Å². The zero-order chi connectivity index (χ0) is 12.9. The highest BCUT2D eigenvalue weighted by molar-refractivity contribution is 5.58. The van der Waals surface area contributed by atoms with Gasteiger partial charge in [-0.1, -0.05) is 6.07 Å².